The summed E-state index contributed by atoms with van der Waals surface area (Å²) in [5, 5.41) is 0.685. The van der Waals surface area contributed by atoms with Crippen molar-refractivity contribution in [1.29, 1.82) is 0 Å². The predicted octanol–water partition coefficient (Wildman–Crippen LogP) is 4.06. The van der Waals surface area contributed by atoms with Gasteiger partial charge in [-0.25, -0.2) is 0 Å². The highest BCUT2D eigenvalue weighted by Crippen LogP contribution is 2.18. The molecular formula is C18H11ClIN2O. The third kappa shape index (κ3) is 4.09. The first-order valence-corrected chi connectivity index (χ1v) is 8.28. The fourth-order valence-corrected chi connectivity index (χ4v) is 2.48. The lowest BCUT2D eigenvalue weighted by molar-refractivity contribution is -0.628. The molecule has 23 heavy (non-hydrogen) atoms. The Bertz CT molecular complexity index is 815. The molecule has 0 spiro atoms. The summed E-state index contributed by atoms with van der Waals surface area (Å²) in [5.41, 5.74) is 2.37. The van der Waals surface area contributed by atoms with Gasteiger partial charge in [0.2, 0.25) is 6.33 Å². The number of aromatic nitrogens is 2. The summed E-state index contributed by atoms with van der Waals surface area (Å²) < 4.78 is 2.61. The second-order valence-corrected chi connectivity index (χ2v) is 6.49. The number of hydrogen-bond acceptors (Lipinski definition) is 2. The van der Waals surface area contributed by atoms with Gasteiger partial charge in [0, 0.05) is 20.4 Å². The zero-order chi connectivity index (χ0) is 16.2. The van der Waals surface area contributed by atoms with Crippen molar-refractivity contribution >= 4 is 40.0 Å². The maximum absolute atomic E-state index is 12.1. The van der Waals surface area contributed by atoms with Crippen LogP contribution in [0, 0.1) is 10.1 Å². The van der Waals surface area contributed by atoms with E-state index in [2.05, 4.69) is 34.1 Å². The molecule has 0 aliphatic rings. The van der Waals surface area contributed by atoms with Crippen LogP contribution in [0.3, 0.4) is 0 Å². The summed E-state index contributed by atoms with van der Waals surface area (Å²) in [6.45, 7) is 2.76. The lowest BCUT2D eigenvalue weighted by Gasteiger charge is -2.06. The summed E-state index contributed by atoms with van der Waals surface area (Å²) in [6.07, 6.45) is 3.32. The Morgan fingerprint density at radius 3 is 2.35 bits per heavy atom. The highest BCUT2D eigenvalue weighted by molar-refractivity contribution is 14.1. The molecule has 0 unspecified atom stereocenters. The normalized spacial score (nSPS) is 10.3. The SMILES string of the molecule is O=C([C-][n+]1ccc(-c2ccc(Cl)cc2)nc1)c1ccc(I)cc1. The van der Waals surface area contributed by atoms with Gasteiger partial charge in [-0.1, -0.05) is 40.9 Å². The first-order valence-electron chi connectivity index (χ1n) is 6.82. The van der Waals surface area contributed by atoms with Crippen molar-refractivity contribution in [2.75, 3.05) is 0 Å². The number of halogens is 2. The molecule has 0 saturated carbocycles. The number of hydrogen-bond donors (Lipinski definition) is 0. The molecular weight excluding hydrogens is 423 g/mol. The molecule has 0 saturated heterocycles. The molecule has 1 aromatic heterocycles. The van der Waals surface area contributed by atoms with Gasteiger partial charge in [0.25, 0.3) is 0 Å². The Labute approximate surface area is 153 Å². The number of Topliss-reactive ketones (excluding diaryl/α,β-unsaturated/α-hetero) is 1. The predicted molar refractivity (Wildman–Crippen MR) is 97.0 cm³/mol. The maximum atomic E-state index is 12.1. The molecule has 3 nitrogen and oxygen atoms in total. The molecule has 0 atom stereocenters. The van der Waals surface area contributed by atoms with Gasteiger partial charge in [0.05, 0.1) is 6.54 Å². The van der Waals surface area contributed by atoms with Gasteiger partial charge in [-0.3, -0.25) is 0 Å². The topological polar surface area (TPSA) is 33.8 Å². The second kappa shape index (κ2) is 7.10. The van der Waals surface area contributed by atoms with Crippen LogP contribution >= 0.6 is 34.2 Å². The van der Waals surface area contributed by atoms with E-state index in [1.165, 1.54) is 4.57 Å². The van der Waals surface area contributed by atoms with Crippen molar-refractivity contribution in [2.24, 2.45) is 0 Å². The van der Waals surface area contributed by atoms with E-state index in [9.17, 15) is 4.79 Å². The summed E-state index contributed by atoms with van der Waals surface area (Å²) in [7, 11) is 0. The Morgan fingerprint density at radius 1 is 1.04 bits per heavy atom. The van der Waals surface area contributed by atoms with Gasteiger partial charge in [0.15, 0.2) is 5.69 Å². The summed E-state index contributed by atoms with van der Waals surface area (Å²) in [5.74, 6) is -0.188. The van der Waals surface area contributed by atoms with Crippen molar-refractivity contribution in [1.82, 2.24) is 4.98 Å². The van der Waals surface area contributed by atoms with E-state index in [1.807, 2.05) is 42.5 Å². The molecule has 0 aliphatic carbocycles. The average Bonchev–Trinajstić information content (AvgIpc) is 2.57. The lowest BCUT2D eigenvalue weighted by Crippen LogP contribution is -2.35. The van der Waals surface area contributed by atoms with Crippen LogP contribution in [0.1, 0.15) is 10.4 Å². The van der Waals surface area contributed by atoms with Gasteiger partial charge in [-0.2, -0.15) is 0 Å². The van der Waals surface area contributed by atoms with E-state index >= 15 is 0 Å². The first kappa shape index (κ1) is 16.0. The minimum Gasteiger partial charge on any atom is -0.324 e. The van der Waals surface area contributed by atoms with Crippen LogP contribution in [0.25, 0.3) is 11.3 Å². The number of carbonyl (C=O) groups excluding carboxylic acids is 1. The van der Waals surface area contributed by atoms with Crippen LogP contribution < -0.4 is 4.57 Å². The van der Waals surface area contributed by atoms with Crippen molar-refractivity contribution in [3.63, 3.8) is 0 Å². The molecule has 0 fully saturated rings. The summed E-state index contributed by atoms with van der Waals surface area (Å²) in [6, 6.07) is 16.6. The molecule has 0 aliphatic heterocycles. The van der Waals surface area contributed by atoms with Gasteiger partial charge < -0.3 is 9.36 Å². The number of rotatable bonds is 4. The number of benzene rings is 2. The number of nitrogens with zero attached hydrogens (tertiary/aromatic N) is 2. The highest BCUT2D eigenvalue weighted by atomic mass is 127. The molecule has 0 N–H and O–H groups in total. The van der Waals surface area contributed by atoms with Crippen LogP contribution in [0.15, 0.2) is 67.1 Å². The standard InChI is InChI=1S/C18H11ClIN2O/c19-15-5-1-13(2-6-15)17-9-10-22(12-21-17)11-18(23)14-3-7-16(20)8-4-14/h1-10,12H. The van der Waals surface area contributed by atoms with Gasteiger partial charge in [-0.05, 0) is 58.5 Å². The molecule has 113 valence electrons. The zero-order valence-corrected chi connectivity index (χ0v) is 14.8. The monoisotopic (exact) mass is 433 g/mol. The minimum absolute atomic E-state index is 0.188. The Hall–Kier alpha value is -1.92. The van der Waals surface area contributed by atoms with Crippen LogP contribution in [-0.4, -0.2) is 10.8 Å². The third-order valence-corrected chi connectivity index (χ3v) is 4.16. The quantitative estimate of drug-likeness (QED) is 0.269. The lowest BCUT2D eigenvalue weighted by atomic mass is 10.1. The second-order valence-electron chi connectivity index (χ2n) is 4.81. The van der Waals surface area contributed by atoms with E-state index in [4.69, 9.17) is 11.6 Å². The highest BCUT2D eigenvalue weighted by Gasteiger charge is 2.07. The van der Waals surface area contributed by atoms with Crippen molar-refractivity contribution < 1.29 is 9.36 Å². The molecule has 1 heterocycles. The van der Waals surface area contributed by atoms with Gasteiger partial charge in [0.1, 0.15) is 5.78 Å². The van der Waals surface area contributed by atoms with Gasteiger partial charge >= 0.3 is 0 Å². The molecule has 2 aromatic carbocycles. The van der Waals surface area contributed by atoms with Gasteiger partial charge in [-0.15, -0.1) is 0 Å². The van der Waals surface area contributed by atoms with Crippen LogP contribution in [-0.2, 0) is 0 Å². The van der Waals surface area contributed by atoms with E-state index < -0.39 is 0 Å². The first-order chi connectivity index (χ1) is 11.1. The molecule has 5 heteroatoms. The Balaban J connectivity index is 1.73. The van der Waals surface area contributed by atoms with E-state index in [0.717, 1.165) is 14.8 Å². The largest absolute Gasteiger partial charge is 0.324 e. The van der Waals surface area contributed by atoms with Crippen LogP contribution in [0.5, 0.6) is 0 Å². The van der Waals surface area contributed by atoms with Crippen molar-refractivity contribution in [2.45, 2.75) is 0 Å². The van der Waals surface area contributed by atoms with E-state index in [1.54, 1.807) is 24.7 Å². The fourth-order valence-electron chi connectivity index (χ4n) is 2.00. The van der Waals surface area contributed by atoms with E-state index in [0.29, 0.717) is 10.6 Å². The minimum atomic E-state index is -0.188. The molecule has 0 amide bonds. The van der Waals surface area contributed by atoms with Crippen molar-refractivity contribution in [3.8, 4) is 11.3 Å². The summed E-state index contributed by atoms with van der Waals surface area (Å²) in [4.78, 5) is 16.5. The third-order valence-electron chi connectivity index (χ3n) is 3.19. The number of ketones is 1. The van der Waals surface area contributed by atoms with Crippen molar-refractivity contribution in [3.05, 3.63) is 87.8 Å². The van der Waals surface area contributed by atoms with Crippen LogP contribution in [0.2, 0.25) is 5.02 Å². The molecule has 3 rings (SSSR count). The molecule has 1 radical (unpaired) electrons. The zero-order valence-electron chi connectivity index (χ0n) is 11.9. The molecule has 0 bridgehead atoms. The average molecular weight is 434 g/mol. The maximum Gasteiger partial charge on any atom is 0.212 e. The summed E-state index contributed by atoms with van der Waals surface area (Å²) >= 11 is 8.08. The Morgan fingerprint density at radius 2 is 1.74 bits per heavy atom. The fraction of sp³-hybridized carbons (Fsp3) is 0. The molecule has 3 aromatic rings. The van der Waals surface area contributed by atoms with E-state index in [-0.39, 0.29) is 5.78 Å². The van der Waals surface area contributed by atoms with Crippen LogP contribution in [0.4, 0.5) is 0 Å². The Kier molecular flexibility index (Phi) is 4.93. The smallest absolute Gasteiger partial charge is 0.212 e. The number of carbonyl (C=O) groups is 1.